The highest BCUT2D eigenvalue weighted by Crippen LogP contribution is 2.50. The number of carbonyl (C=O) groups is 1. The summed E-state index contributed by atoms with van der Waals surface area (Å²) in [5, 5.41) is 9.56. The van der Waals surface area contributed by atoms with E-state index in [2.05, 4.69) is 15.9 Å². The number of rotatable bonds is 3. The van der Waals surface area contributed by atoms with Gasteiger partial charge in [-0.05, 0) is 53.7 Å². The van der Waals surface area contributed by atoms with Crippen LogP contribution < -0.4 is 0 Å². The van der Waals surface area contributed by atoms with Gasteiger partial charge in [-0.2, -0.15) is 0 Å². The Morgan fingerprint density at radius 1 is 1.45 bits per heavy atom. The fraction of sp³-hybridized carbons (Fsp3) is 0.500. The Hall–Kier alpha value is -1.01. The number of carboxylic acids is 1. The first kappa shape index (κ1) is 13.9. The number of halogens is 3. The van der Waals surface area contributed by atoms with Crippen LogP contribution >= 0.6 is 15.9 Å². The summed E-state index contributed by atoms with van der Waals surface area (Å²) in [6.45, 7) is 0. The van der Waals surface area contributed by atoms with E-state index < -0.39 is 29.1 Å². The third-order valence-electron chi connectivity index (χ3n) is 4.37. The molecule has 3 unspecified atom stereocenters. The third kappa shape index (κ3) is 1.97. The maximum Gasteiger partial charge on any atom is 0.312 e. The Balaban J connectivity index is 2.01. The number of hydrogen-bond acceptors (Lipinski definition) is 2. The first-order valence-electron chi connectivity index (χ1n) is 6.45. The molecule has 1 aromatic rings. The molecule has 3 nitrogen and oxygen atoms in total. The van der Waals surface area contributed by atoms with Crippen LogP contribution in [0.1, 0.15) is 24.8 Å². The molecule has 1 aromatic carbocycles. The van der Waals surface area contributed by atoms with Crippen LogP contribution in [0.15, 0.2) is 16.6 Å². The summed E-state index contributed by atoms with van der Waals surface area (Å²) in [6, 6.07) is 2.42. The normalized spacial score (nSPS) is 31.8. The Kier molecular flexibility index (Phi) is 3.33. The highest BCUT2D eigenvalue weighted by atomic mass is 79.9. The highest BCUT2D eigenvalue weighted by Gasteiger charge is 2.57. The number of fused-ring (bicyclic) bond motifs is 2. The van der Waals surface area contributed by atoms with Crippen LogP contribution in [0.25, 0.3) is 0 Å². The summed E-state index contributed by atoms with van der Waals surface area (Å²) in [5.41, 5.74) is -1.40. The van der Waals surface area contributed by atoms with Crippen molar-refractivity contribution in [3.8, 4) is 0 Å². The SMILES string of the molecule is O=C(O)C1(Cc2c(F)ccc(Br)c2F)CC2CCC1O2. The van der Waals surface area contributed by atoms with E-state index in [1.165, 1.54) is 6.07 Å². The van der Waals surface area contributed by atoms with Gasteiger partial charge >= 0.3 is 5.97 Å². The first-order chi connectivity index (χ1) is 9.44. The molecule has 0 radical (unpaired) electrons. The lowest BCUT2D eigenvalue weighted by Gasteiger charge is -2.31. The molecule has 20 heavy (non-hydrogen) atoms. The molecule has 0 amide bonds. The second-order valence-corrected chi connectivity index (χ2v) is 6.34. The molecular weight excluding hydrogens is 334 g/mol. The standard InChI is InChI=1S/C14H13BrF2O3/c15-9-2-3-10(16)8(12(9)17)6-14(13(18)19)5-7-1-4-11(14)20-7/h2-3,7,11H,1,4-6H2,(H,18,19). The van der Waals surface area contributed by atoms with Crippen LogP contribution in [0.3, 0.4) is 0 Å². The van der Waals surface area contributed by atoms with Gasteiger partial charge in [0.25, 0.3) is 0 Å². The molecule has 3 rings (SSSR count). The molecule has 2 fully saturated rings. The van der Waals surface area contributed by atoms with Crippen molar-refractivity contribution in [3.63, 3.8) is 0 Å². The van der Waals surface area contributed by atoms with Crippen LogP contribution in [0.2, 0.25) is 0 Å². The van der Waals surface area contributed by atoms with Gasteiger partial charge < -0.3 is 9.84 Å². The monoisotopic (exact) mass is 346 g/mol. The van der Waals surface area contributed by atoms with Crippen molar-refractivity contribution in [1.29, 1.82) is 0 Å². The molecule has 3 atom stereocenters. The van der Waals surface area contributed by atoms with Gasteiger partial charge in [-0.25, -0.2) is 8.78 Å². The Morgan fingerprint density at radius 3 is 2.75 bits per heavy atom. The average molecular weight is 347 g/mol. The van der Waals surface area contributed by atoms with Crippen molar-refractivity contribution in [3.05, 3.63) is 33.8 Å². The van der Waals surface area contributed by atoms with Crippen molar-refractivity contribution < 1.29 is 23.4 Å². The summed E-state index contributed by atoms with van der Waals surface area (Å²) in [4.78, 5) is 11.7. The van der Waals surface area contributed by atoms with Gasteiger partial charge in [-0.1, -0.05) is 0 Å². The maximum absolute atomic E-state index is 14.1. The lowest BCUT2D eigenvalue weighted by molar-refractivity contribution is -0.152. The van der Waals surface area contributed by atoms with Gasteiger partial charge in [0, 0.05) is 5.56 Å². The van der Waals surface area contributed by atoms with Crippen molar-refractivity contribution in [2.45, 2.75) is 37.9 Å². The van der Waals surface area contributed by atoms with E-state index in [4.69, 9.17) is 4.74 Å². The van der Waals surface area contributed by atoms with E-state index in [1.807, 2.05) is 0 Å². The molecule has 0 aliphatic carbocycles. The van der Waals surface area contributed by atoms with E-state index >= 15 is 0 Å². The summed E-state index contributed by atoms with van der Waals surface area (Å²) in [5.74, 6) is -2.48. The van der Waals surface area contributed by atoms with E-state index in [0.29, 0.717) is 12.8 Å². The molecule has 6 heteroatoms. The molecule has 0 saturated carbocycles. The van der Waals surface area contributed by atoms with E-state index in [1.54, 1.807) is 0 Å². The van der Waals surface area contributed by atoms with E-state index in [9.17, 15) is 18.7 Å². The van der Waals surface area contributed by atoms with Crippen LogP contribution in [-0.2, 0) is 16.0 Å². The molecule has 2 saturated heterocycles. The summed E-state index contributed by atoms with van der Waals surface area (Å²) in [6.07, 6.45) is 1.04. The van der Waals surface area contributed by atoms with Crippen LogP contribution in [0.5, 0.6) is 0 Å². The fourth-order valence-electron chi connectivity index (χ4n) is 3.33. The minimum atomic E-state index is -1.22. The molecule has 2 bridgehead atoms. The average Bonchev–Trinajstić information content (AvgIpc) is 3.00. The molecule has 2 aliphatic heterocycles. The molecule has 0 aromatic heterocycles. The lowest BCUT2D eigenvalue weighted by Crippen LogP contribution is -2.42. The molecule has 1 N–H and O–H groups in total. The summed E-state index contributed by atoms with van der Waals surface area (Å²) < 4.78 is 33.7. The van der Waals surface area contributed by atoms with E-state index in [-0.39, 0.29) is 22.6 Å². The molecule has 2 aliphatic rings. The van der Waals surface area contributed by atoms with Gasteiger partial charge in [0.1, 0.15) is 17.0 Å². The number of benzene rings is 1. The van der Waals surface area contributed by atoms with Crippen LogP contribution in [-0.4, -0.2) is 23.3 Å². The molecule has 0 spiro atoms. The zero-order chi connectivity index (χ0) is 14.5. The predicted octanol–water partition coefficient (Wildman–Crippen LogP) is 3.29. The second kappa shape index (κ2) is 4.77. The topological polar surface area (TPSA) is 46.5 Å². The lowest BCUT2D eigenvalue weighted by atomic mass is 9.70. The van der Waals surface area contributed by atoms with Crippen molar-refractivity contribution >= 4 is 21.9 Å². The van der Waals surface area contributed by atoms with Crippen molar-refractivity contribution in [2.75, 3.05) is 0 Å². The predicted molar refractivity (Wildman–Crippen MR) is 70.3 cm³/mol. The summed E-state index contributed by atoms with van der Waals surface area (Å²) >= 11 is 3.00. The van der Waals surface area contributed by atoms with Gasteiger partial charge in [-0.3, -0.25) is 4.79 Å². The number of aliphatic carboxylic acids is 1. The molecule has 108 valence electrons. The minimum Gasteiger partial charge on any atom is -0.481 e. The van der Waals surface area contributed by atoms with Gasteiger partial charge in [0.2, 0.25) is 0 Å². The minimum absolute atomic E-state index is 0.102. The zero-order valence-electron chi connectivity index (χ0n) is 10.5. The quantitative estimate of drug-likeness (QED) is 0.854. The zero-order valence-corrected chi connectivity index (χ0v) is 12.1. The number of hydrogen-bond donors (Lipinski definition) is 1. The Labute approximate surface area is 123 Å². The van der Waals surface area contributed by atoms with Crippen LogP contribution in [0.4, 0.5) is 8.78 Å². The summed E-state index contributed by atoms with van der Waals surface area (Å²) in [7, 11) is 0. The smallest absolute Gasteiger partial charge is 0.312 e. The van der Waals surface area contributed by atoms with Gasteiger partial charge in [-0.15, -0.1) is 0 Å². The number of ether oxygens (including phenoxy) is 1. The van der Waals surface area contributed by atoms with E-state index in [0.717, 1.165) is 12.5 Å². The maximum atomic E-state index is 14.1. The Bertz CT molecular complexity index is 578. The van der Waals surface area contributed by atoms with Gasteiger partial charge in [0.05, 0.1) is 16.7 Å². The molecular formula is C14H13BrF2O3. The largest absolute Gasteiger partial charge is 0.481 e. The third-order valence-corrected chi connectivity index (χ3v) is 4.99. The molecule has 2 heterocycles. The fourth-order valence-corrected chi connectivity index (χ4v) is 3.70. The van der Waals surface area contributed by atoms with Crippen LogP contribution in [0, 0.1) is 17.0 Å². The highest BCUT2D eigenvalue weighted by molar-refractivity contribution is 9.10. The second-order valence-electron chi connectivity index (χ2n) is 5.49. The first-order valence-corrected chi connectivity index (χ1v) is 7.24. The Morgan fingerprint density at radius 2 is 2.20 bits per heavy atom. The van der Waals surface area contributed by atoms with Crippen molar-refractivity contribution in [2.24, 2.45) is 5.41 Å². The van der Waals surface area contributed by atoms with Crippen molar-refractivity contribution in [1.82, 2.24) is 0 Å². The number of carboxylic acid groups (broad SMARTS) is 1. The van der Waals surface area contributed by atoms with Gasteiger partial charge in [0.15, 0.2) is 0 Å².